The highest BCUT2D eigenvalue weighted by Gasteiger charge is 2.23. The Balaban J connectivity index is 3.17. The summed E-state index contributed by atoms with van der Waals surface area (Å²) in [5.41, 5.74) is 0.705. The standard InChI is InChI=1S/C11H16O3S/c1-5-14-11(13)10-8(6(2)3)9(12)7(4)15-10/h6,12H,5H2,1-4H3. The molecular formula is C11H16O3S. The zero-order valence-electron chi connectivity index (χ0n) is 9.46. The molecule has 84 valence electrons. The van der Waals surface area contributed by atoms with Crippen molar-refractivity contribution in [3.63, 3.8) is 0 Å². The molecule has 0 spiro atoms. The second-order valence-corrected chi connectivity index (χ2v) is 4.85. The molecule has 1 rings (SSSR count). The van der Waals surface area contributed by atoms with Crippen LogP contribution in [0, 0.1) is 6.92 Å². The van der Waals surface area contributed by atoms with E-state index >= 15 is 0 Å². The highest BCUT2D eigenvalue weighted by atomic mass is 32.1. The Morgan fingerprint density at radius 3 is 2.60 bits per heavy atom. The third-order valence-electron chi connectivity index (χ3n) is 2.13. The number of rotatable bonds is 3. The van der Waals surface area contributed by atoms with Gasteiger partial charge in [-0.25, -0.2) is 4.79 Å². The number of carbonyl (C=O) groups excluding carboxylic acids is 1. The molecule has 1 N–H and O–H groups in total. The Kier molecular flexibility index (Phi) is 3.74. The van der Waals surface area contributed by atoms with Crippen molar-refractivity contribution in [1.29, 1.82) is 0 Å². The third-order valence-corrected chi connectivity index (χ3v) is 3.22. The first kappa shape index (κ1) is 12.0. The minimum atomic E-state index is -0.338. The predicted molar refractivity (Wildman–Crippen MR) is 60.8 cm³/mol. The van der Waals surface area contributed by atoms with Crippen LogP contribution in [0.25, 0.3) is 0 Å². The van der Waals surface area contributed by atoms with E-state index in [0.717, 1.165) is 4.88 Å². The van der Waals surface area contributed by atoms with Gasteiger partial charge in [-0.1, -0.05) is 13.8 Å². The van der Waals surface area contributed by atoms with Gasteiger partial charge in [-0.3, -0.25) is 0 Å². The summed E-state index contributed by atoms with van der Waals surface area (Å²) >= 11 is 1.29. The molecule has 1 aromatic rings. The van der Waals surface area contributed by atoms with Crippen molar-refractivity contribution in [3.05, 3.63) is 15.3 Å². The smallest absolute Gasteiger partial charge is 0.348 e. The summed E-state index contributed by atoms with van der Waals surface area (Å²) < 4.78 is 4.95. The Bertz CT molecular complexity index is 366. The molecule has 0 radical (unpaired) electrons. The monoisotopic (exact) mass is 228 g/mol. The number of esters is 1. The second-order valence-electron chi connectivity index (χ2n) is 3.62. The van der Waals surface area contributed by atoms with Crippen molar-refractivity contribution in [2.45, 2.75) is 33.6 Å². The second kappa shape index (κ2) is 4.66. The number of aryl methyl sites for hydroxylation is 1. The number of ether oxygens (including phenoxy) is 1. The molecule has 1 heterocycles. The Labute approximate surface area is 93.7 Å². The summed E-state index contributed by atoms with van der Waals surface area (Å²) in [7, 11) is 0. The van der Waals surface area contributed by atoms with Gasteiger partial charge in [-0.2, -0.15) is 0 Å². The van der Waals surface area contributed by atoms with E-state index in [0.29, 0.717) is 17.0 Å². The van der Waals surface area contributed by atoms with Gasteiger partial charge in [-0.15, -0.1) is 11.3 Å². The average Bonchev–Trinajstić information content (AvgIpc) is 2.44. The van der Waals surface area contributed by atoms with Gasteiger partial charge in [0.05, 0.1) is 6.61 Å². The maximum absolute atomic E-state index is 11.6. The van der Waals surface area contributed by atoms with Gasteiger partial charge in [-0.05, 0) is 19.8 Å². The molecule has 0 fully saturated rings. The lowest BCUT2D eigenvalue weighted by Gasteiger charge is -2.07. The van der Waals surface area contributed by atoms with Crippen LogP contribution in [-0.2, 0) is 4.74 Å². The van der Waals surface area contributed by atoms with Crippen molar-refractivity contribution in [1.82, 2.24) is 0 Å². The lowest BCUT2D eigenvalue weighted by Crippen LogP contribution is -2.05. The van der Waals surface area contributed by atoms with Gasteiger partial charge >= 0.3 is 5.97 Å². The van der Waals surface area contributed by atoms with E-state index < -0.39 is 0 Å². The number of thiophene rings is 1. The van der Waals surface area contributed by atoms with Crippen LogP contribution in [0.2, 0.25) is 0 Å². The number of carbonyl (C=O) groups is 1. The minimum absolute atomic E-state index is 0.120. The summed E-state index contributed by atoms with van der Waals surface area (Å²) in [4.78, 5) is 12.9. The van der Waals surface area contributed by atoms with Crippen LogP contribution in [-0.4, -0.2) is 17.7 Å². The minimum Gasteiger partial charge on any atom is -0.506 e. The topological polar surface area (TPSA) is 46.5 Å². The van der Waals surface area contributed by atoms with Gasteiger partial charge in [0.25, 0.3) is 0 Å². The summed E-state index contributed by atoms with van der Waals surface area (Å²) in [6, 6.07) is 0. The van der Waals surface area contributed by atoms with Crippen LogP contribution in [0.4, 0.5) is 0 Å². The lowest BCUT2D eigenvalue weighted by molar-refractivity contribution is 0.0530. The quantitative estimate of drug-likeness (QED) is 0.809. The van der Waals surface area contributed by atoms with E-state index in [1.54, 1.807) is 13.8 Å². The molecule has 0 saturated carbocycles. The normalized spacial score (nSPS) is 10.7. The van der Waals surface area contributed by atoms with E-state index in [1.165, 1.54) is 11.3 Å². The first-order chi connectivity index (χ1) is 6.99. The zero-order chi connectivity index (χ0) is 11.6. The number of aromatic hydroxyl groups is 1. The fourth-order valence-corrected chi connectivity index (χ4v) is 2.53. The van der Waals surface area contributed by atoms with E-state index in [1.807, 2.05) is 13.8 Å². The predicted octanol–water partition coefficient (Wildman–Crippen LogP) is 3.06. The number of hydrogen-bond acceptors (Lipinski definition) is 4. The molecule has 1 aromatic heterocycles. The van der Waals surface area contributed by atoms with Crippen molar-refractivity contribution in [2.24, 2.45) is 0 Å². The Morgan fingerprint density at radius 1 is 1.53 bits per heavy atom. The first-order valence-corrected chi connectivity index (χ1v) is 5.80. The zero-order valence-corrected chi connectivity index (χ0v) is 10.3. The van der Waals surface area contributed by atoms with Crippen LogP contribution < -0.4 is 0 Å². The van der Waals surface area contributed by atoms with E-state index in [2.05, 4.69) is 0 Å². The van der Waals surface area contributed by atoms with Crippen LogP contribution in [0.5, 0.6) is 5.75 Å². The molecule has 0 aliphatic carbocycles. The SMILES string of the molecule is CCOC(=O)c1sc(C)c(O)c1C(C)C. The molecule has 15 heavy (non-hydrogen) atoms. The third kappa shape index (κ3) is 2.31. The Morgan fingerprint density at radius 2 is 2.13 bits per heavy atom. The van der Waals surface area contributed by atoms with Gasteiger partial charge < -0.3 is 9.84 Å². The maximum atomic E-state index is 11.6. The average molecular weight is 228 g/mol. The summed E-state index contributed by atoms with van der Waals surface area (Å²) in [5.74, 6) is 0.0157. The molecule has 0 bridgehead atoms. The van der Waals surface area contributed by atoms with E-state index in [4.69, 9.17) is 4.74 Å². The molecule has 0 aromatic carbocycles. The first-order valence-electron chi connectivity index (χ1n) is 4.98. The largest absolute Gasteiger partial charge is 0.506 e. The van der Waals surface area contributed by atoms with E-state index in [9.17, 15) is 9.90 Å². The van der Waals surface area contributed by atoms with Gasteiger partial charge in [0, 0.05) is 10.4 Å². The van der Waals surface area contributed by atoms with Crippen LogP contribution in [0.15, 0.2) is 0 Å². The Hall–Kier alpha value is -1.03. The molecule has 0 unspecified atom stereocenters. The molecule has 0 aliphatic rings. The highest BCUT2D eigenvalue weighted by Crippen LogP contribution is 2.38. The van der Waals surface area contributed by atoms with Gasteiger partial charge in [0.2, 0.25) is 0 Å². The molecule has 0 saturated heterocycles. The fraction of sp³-hybridized carbons (Fsp3) is 0.545. The lowest BCUT2D eigenvalue weighted by atomic mass is 10.0. The van der Waals surface area contributed by atoms with Crippen molar-refractivity contribution < 1.29 is 14.6 Å². The molecule has 4 heteroatoms. The summed E-state index contributed by atoms with van der Waals surface area (Å²) in [6.07, 6.45) is 0. The van der Waals surface area contributed by atoms with Crippen LogP contribution in [0.1, 0.15) is 46.8 Å². The summed E-state index contributed by atoms with van der Waals surface area (Å²) in [6.45, 7) is 7.82. The van der Waals surface area contributed by atoms with Crippen LogP contribution in [0.3, 0.4) is 0 Å². The van der Waals surface area contributed by atoms with Crippen molar-refractivity contribution >= 4 is 17.3 Å². The number of hydrogen-bond donors (Lipinski definition) is 1. The summed E-state index contributed by atoms with van der Waals surface area (Å²) in [5, 5.41) is 9.81. The molecule has 0 amide bonds. The maximum Gasteiger partial charge on any atom is 0.348 e. The van der Waals surface area contributed by atoms with Gasteiger partial charge in [0.15, 0.2) is 0 Å². The molecule has 0 atom stereocenters. The van der Waals surface area contributed by atoms with Crippen LogP contribution >= 0.6 is 11.3 Å². The van der Waals surface area contributed by atoms with E-state index in [-0.39, 0.29) is 17.6 Å². The molecular weight excluding hydrogens is 212 g/mol. The highest BCUT2D eigenvalue weighted by molar-refractivity contribution is 7.14. The molecule has 0 aliphatic heterocycles. The van der Waals surface area contributed by atoms with Crippen molar-refractivity contribution in [3.8, 4) is 5.75 Å². The van der Waals surface area contributed by atoms with Crippen molar-refractivity contribution in [2.75, 3.05) is 6.61 Å². The molecule has 3 nitrogen and oxygen atoms in total. The fourth-order valence-electron chi connectivity index (χ4n) is 1.44. The van der Waals surface area contributed by atoms with Gasteiger partial charge in [0.1, 0.15) is 10.6 Å².